The maximum Gasteiger partial charge on any atom is 0.433 e. The van der Waals surface area contributed by atoms with Crippen molar-refractivity contribution in [3.63, 3.8) is 0 Å². The van der Waals surface area contributed by atoms with Gasteiger partial charge in [0.1, 0.15) is 16.3 Å². The molecule has 0 aliphatic heterocycles. The summed E-state index contributed by atoms with van der Waals surface area (Å²) in [5.41, 5.74) is -3.54. The highest BCUT2D eigenvalue weighted by Crippen LogP contribution is 2.37. The molecule has 0 atom stereocenters. The van der Waals surface area contributed by atoms with Crippen molar-refractivity contribution in [2.75, 3.05) is 7.05 Å². The van der Waals surface area contributed by atoms with Crippen LogP contribution in [0.1, 0.15) is 26.8 Å². The lowest BCUT2D eigenvalue weighted by Gasteiger charge is -2.10. The third-order valence-corrected chi connectivity index (χ3v) is 4.90. The summed E-state index contributed by atoms with van der Waals surface area (Å²) < 4.78 is 79.8. The minimum atomic E-state index is -4.95. The van der Waals surface area contributed by atoms with Gasteiger partial charge in [-0.3, -0.25) is 14.3 Å². The monoisotopic (exact) mass is 459 g/mol. The molecule has 0 aliphatic rings. The summed E-state index contributed by atoms with van der Waals surface area (Å²) in [5.74, 6) is -1.17. The lowest BCUT2D eigenvalue weighted by Crippen LogP contribution is -2.28. The van der Waals surface area contributed by atoms with E-state index in [4.69, 9.17) is 11.6 Å². The van der Waals surface area contributed by atoms with E-state index in [1.807, 2.05) is 5.32 Å². The molecule has 1 amide bonds. The van der Waals surface area contributed by atoms with Crippen molar-refractivity contribution in [1.29, 1.82) is 0 Å². The van der Waals surface area contributed by atoms with Crippen LogP contribution in [-0.2, 0) is 18.9 Å². The summed E-state index contributed by atoms with van der Waals surface area (Å²) in [6, 6.07) is 1.28. The Morgan fingerprint density at radius 3 is 2.41 bits per heavy atom. The lowest BCUT2D eigenvalue weighted by atomic mass is 10.3. The van der Waals surface area contributed by atoms with Gasteiger partial charge in [0.25, 0.3) is 11.5 Å². The average molecular weight is 460 g/mol. The summed E-state index contributed by atoms with van der Waals surface area (Å²) in [7, 11) is 1.08. The second-order valence-electron chi connectivity index (χ2n) is 5.57. The Kier molecular flexibility index (Phi) is 5.11. The first kappa shape index (κ1) is 21.1. The third-order valence-electron chi connectivity index (χ3n) is 3.62. The fraction of sp³-hybridized carbons (Fsp3) is 0.286. The average Bonchev–Trinajstić information content (AvgIpc) is 3.14. The zero-order chi connectivity index (χ0) is 21.7. The molecule has 0 radical (unpaired) electrons. The normalized spacial score (nSPS) is 12.6. The molecule has 0 aromatic carbocycles. The molecule has 3 rings (SSSR count). The summed E-state index contributed by atoms with van der Waals surface area (Å²) in [4.78, 5) is 26.2. The highest BCUT2D eigenvalue weighted by molar-refractivity contribution is 7.17. The predicted octanol–water partition coefficient (Wildman–Crippen LogP) is 3.05. The van der Waals surface area contributed by atoms with E-state index in [9.17, 15) is 35.9 Å². The van der Waals surface area contributed by atoms with Crippen LogP contribution in [0.25, 0.3) is 4.96 Å². The maximum atomic E-state index is 13.3. The summed E-state index contributed by atoms with van der Waals surface area (Å²) in [6.07, 6.45) is -9.76. The second kappa shape index (κ2) is 7.02. The maximum absolute atomic E-state index is 13.3. The van der Waals surface area contributed by atoms with E-state index in [-0.39, 0.29) is 17.0 Å². The third kappa shape index (κ3) is 3.94. The van der Waals surface area contributed by atoms with Crippen molar-refractivity contribution < 1.29 is 31.1 Å². The highest BCUT2D eigenvalue weighted by Gasteiger charge is 2.40. The van der Waals surface area contributed by atoms with E-state index in [1.54, 1.807) is 0 Å². The number of carbonyl (C=O) groups excluding carboxylic acids is 1. The molecule has 0 unspecified atom stereocenters. The van der Waals surface area contributed by atoms with Gasteiger partial charge in [-0.1, -0.05) is 22.9 Å². The molecular weight excluding hydrogens is 452 g/mol. The Morgan fingerprint density at radius 1 is 1.21 bits per heavy atom. The standard InChI is InChI=1S/C14H8ClF6N5O2S/c1-22-11(28)9-10(14(19,20)21)29-12-23-5(2-8(27)26(9)12)4-25-6(13(16,17)18)3-7(15)24-25/h2-3H,4H2,1H3,(H,22,28). The molecule has 156 valence electrons. The lowest BCUT2D eigenvalue weighted by molar-refractivity contribution is -0.144. The Balaban J connectivity index is 2.17. The van der Waals surface area contributed by atoms with Crippen LogP contribution in [0.15, 0.2) is 16.9 Å². The molecule has 3 aromatic heterocycles. The van der Waals surface area contributed by atoms with Crippen molar-refractivity contribution in [2.24, 2.45) is 0 Å². The Bertz CT molecular complexity index is 1160. The first-order valence-electron chi connectivity index (χ1n) is 7.48. The zero-order valence-corrected chi connectivity index (χ0v) is 15.6. The molecule has 15 heteroatoms. The number of thiazole rings is 1. The number of rotatable bonds is 3. The highest BCUT2D eigenvalue weighted by atomic mass is 35.5. The fourth-order valence-corrected chi connectivity index (χ4v) is 3.71. The van der Waals surface area contributed by atoms with Crippen molar-refractivity contribution >= 4 is 33.8 Å². The molecule has 1 N–H and O–H groups in total. The molecule has 0 aliphatic carbocycles. The number of aromatic nitrogens is 4. The van der Waals surface area contributed by atoms with E-state index < -0.39 is 56.7 Å². The summed E-state index contributed by atoms with van der Waals surface area (Å²) >= 11 is 5.52. The minimum Gasteiger partial charge on any atom is -0.354 e. The first-order valence-corrected chi connectivity index (χ1v) is 8.67. The number of alkyl halides is 6. The van der Waals surface area contributed by atoms with Crippen LogP contribution in [0.4, 0.5) is 26.3 Å². The Labute approximate surface area is 165 Å². The number of carbonyl (C=O) groups is 1. The summed E-state index contributed by atoms with van der Waals surface area (Å²) in [6.45, 7) is -0.679. The minimum absolute atomic E-state index is 0.0164. The van der Waals surface area contributed by atoms with Crippen LogP contribution in [0, 0.1) is 0 Å². The van der Waals surface area contributed by atoms with Crippen LogP contribution in [0.5, 0.6) is 0 Å². The van der Waals surface area contributed by atoms with E-state index in [0.29, 0.717) is 15.1 Å². The molecule has 29 heavy (non-hydrogen) atoms. The van der Waals surface area contributed by atoms with Gasteiger partial charge in [0, 0.05) is 19.2 Å². The van der Waals surface area contributed by atoms with Crippen LogP contribution in [0.3, 0.4) is 0 Å². The van der Waals surface area contributed by atoms with Gasteiger partial charge in [-0.2, -0.15) is 31.4 Å². The fourth-order valence-electron chi connectivity index (χ4n) is 2.51. The molecule has 0 spiro atoms. The van der Waals surface area contributed by atoms with Crippen LogP contribution in [0.2, 0.25) is 5.15 Å². The quantitative estimate of drug-likeness (QED) is 0.610. The molecule has 0 bridgehead atoms. The second-order valence-corrected chi connectivity index (χ2v) is 6.93. The van der Waals surface area contributed by atoms with Crippen LogP contribution >= 0.6 is 22.9 Å². The first-order chi connectivity index (χ1) is 13.3. The number of fused-ring (bicyclic) bond motifs is 1. The SMILES string of the molecule is CNC(=O)c1c(C(F)(F)F)sc2nc(Cn3nc(Cl)cc3C(F)(F)F)cc(=O)n12. The van der Waals surface area contributed by atoms with E-state index in [2.05, 4.69) is 10.1 Å². The van der Waals surface area contributed by atoms with Gasteiger partial charge in [0.15, 0.2) is 10.1 Å². The number of hydrogen-bond acceptors (Lipinski definition) is 5. The van der Waals surface area contributed by atoms with Gasteiger partial charge in [-0.05, 0) is 0 Å². The zero-order valence-electron chi connectivity index (χ0n) is 14.0. The van der Waals surface area contributed by atoms with E-state index in [1.165, 1.54) is 0 Å². The Hall–Kier alpha value is -2.61. The molecule has 0 saturated heterocycles. The number of halogens is 7. The smallest absolute Gasteiger partial charge is 0.354 e. The molecule has 0 fully saturated rings. The van der Waals surface area contributed by atoms with Gasteiger partial charge >= 0.3 is 12.4 Å². The topological polar surface area (TPSA) is 81.3 Å². The molecule has 3 aromatic rings. The van der Waals surface area contributed by atoms with Gasteiger partial charge < -0.3 is 5.32 Å². The number of nitrogens with zero attached hydrogens (tertiary/aromatic N) is 4. The van der Waals surface area contributed by atoms with Crippen molar-refractivity contribution in [3.05, 3.63) is 49.6 Å². The predicted molar refractivity (Wildman–Crippen MR) is 89.1 cm³/mol. The van der Waals surface area contributed by atoms with E-state index in [0.717, 1.165) is 13.1 Å². The number of hydrogen-bond donors (Lipinski definition) is 1. The molecular formula is C14H8ClF6N5O2S. The van der Waals surface area contributed by atoms with Gasteiger partial charge in [0.2, 0.25) is 0 Å². The van der Waals surface area contributed by atoms with Gasteiger partial charge in [-0.25, -0.2) is 9.38 Å². The summed E-state index contributed by atoms with van der Waals surface area (Å²) in [5, 5.41) is 5.00. The van der Waals surface area contributed by atoms with Crippen molar-refractivity contribution in [2.45, 2.75) is 18.9 Å². The van der Waals surface area contributed by atoms with Crippen molar-refractivity contribution in [1.82, 2.24) is 24.5 Å². The number of amides is 1. The van der Waals surface area contributed by atoms with Gasteiger partial charge in [-0.15, -0.1) is 0 Å². The largest absolute Gasteiger partial charge is 0.433 e. The van der Waals surface area contributed by atoms with Gasteiger partial charge in [0.05, 0.1) is 12.2 Å². The Morgan fingerprint density at radius 2 is 1.86 bits per heavy atom. The molecule has 0 saturated carbocycles. The molecule has 7 nitrogen and oxygen atoms in total. The van der Waals surface area contributed by atoms with Crippen LogP contribution < -0.4 is 10.9 Å². The van der Waals surface area contributed by atoms with Crippen molar-refractivity contribution in [3.8, 4) is 0 Å². The number of nitrogens with one attached hydrogen (secondary N) is 1. The molecule has 3 heterocycles. The van der Waals surface area contributed by atoms with E-state index >= 15 is 0 Å². The van der Waals surface area contributed by atoms with Crippen LogP contribution in [-0.4, -0.2) is 32.1 Å².